The Bertz CT molecular complexity index is 2150. The van der Waals surface area contributed by atoms with E-state index in [1.807, 2.05) is 0 Å². The summed E-state index contributed by atoms with van der Waals surface area (Å²) in [4.78, 5) is 73.6. The molecule has 0 aliphatic heterocycles. The molecule has 678 valence electrons. The van der Waals surface area contributed by atoms with Crippen molar-refractivity contribution in [2.75, 3.05) is 39.6 Å². The number of carbonyl (C=O) groups is 4. The number of hydrogen-bond donors (Lipinski definition) is 3. The fraction of sp³-hybridized carbons (Fsp3) is 0.958. The van der Waals surface area contributed by atoms with Gasteiger partial charge >= 0.3 is 39.5 Å². The van der Waals surface area contributed by atoms with Gasteiger partial charge in [0.05, 0.1) is 26.4 Å². The Morgan fingerprint density at radius 1 is 0.246 bits per heavy atom. The Hall–Kier alpha value is -1.94. The smallest absolute Gasteiger partial charge is 0.462 e. The zero-order valence-corrected chi connectivity index (χ0v) is 77.0. The van der Waals surface area contributed by atoms with Crippen LogP contribution in [0, 0.1) is 5.92 Å². The second kappa shape index (κ2) is 87.4. The summed E-state index contributed by atoms with van der Waals surface area (Å²) in [6.07, 6.45) is 85.0. The van der Waals surface area contributed by atoms with Gasteiger partial charge in [-0.05, 0) is 31.6 Å². The van der Waals surface area contributed by atoms with Crippen molar-refractivity contribution in [2.45, 2.75) is 541 Å². The van der Waals surface area contributed by atoms with Gasteiger partial charge in [0.2, 0.25) is 0 Å². The average molecular weight is 1660 g/mol. The van der Waals surface area contributed by atoms with Gasteiger partial charge in [0, 0.05) is 25.7 Å². The Balaban J connectivity index is 5.24. The fourth-order valence-electron chi connectivity index (χ4n) is 15.0. The second-order valence-corrected chi connectivity index (χ2v) is 37.3. The quantitative estimate of drug-likeness (QED) is 0.0222. The Kier molecular flexibility index (Phi) is 85.9. The van der Waals surface area contributed by atoms with Gasteiger partial charge in [-0.3, -0.25) is 37.3 Å². The zero-order chi connectivity index (χ0) is 83.3. The molecule has 0 heterocycles. The van der Waals surface area contributed by atoms with E-state index in [4.69, 9.17) is 37.0 Å². The highest BCUT2D eigenvalue weighted by Crippen LogP contribution is 2.45. The number of aliphatic hydroxyl groups excluding tert-OH is 1. The van der Waals surface area contributed by atoms with Crippen LogP contribution in [0.15, 0.2) is 0 Å². The van der Waals surface area contributed by atoms with Crippen molar-refractivity contribution in [3.63, 3.8) is 0 Å². The van der Waals surface area contributed by atoms with Gasteiger partial charge in [-0.15, -0.1) is 0 Å². The first-order chi connectivity index (χ1) is 55.6. The number of carbonyl (C=O) groups excluding carboxylic acids is 4. The normalized spacial score (nSPS) is 13.9. The molecule has 0 saturated heterocycles. The molecular formula is C95H186O17P2. The topological polar surface area (TPSA) is 237 Å². The Labute approximate surface area is 702 Å². The van der Waals surface area contributed by atoms with Crippen LogP contribution in [0.1, 0.15) is 523 Å². The third kappa shape index (κ3) is 86.4. The van der Waals surface area contributed by atoms with Gasteiger partial charge in [-0.2, -0.15) is 0 Å². The Morgan fingerprint density at radius 3 is 0.623 bits per heavy atom. The van der Waals surface area contributed by atoms with Gasteiger partial charge in [0.1, 0.15) is 19.3 Å². The predicted molar refractivity (Wildman–Crippen MR) is 474 cm³/mol. The SMILES string of the molecule is CCCCCCCCCCCCCCCCCCCCCCCCC(=O)O[C@H](COC(=O)CCCCCCCCCCCCCCCCCCCCCC)COP(=O)(O)OC[C@@H](O)COP(=O)(O)OC[C@@H](COC(=O)CCCCCCCCCCC(C)CC)OC(=O)CCCCCCCCCCCCCCCCCCCCCC. The molecule has 0 radical (unpaired) electrons. The molecule has 0 fully saturated rings. The number of ether oxygens (including phenoxy) is 4. The van der Waals surface area contributed by atoms with Crippen molar-refractivity contribution in [1.29, 1.82) is 0 Å². The minimum absolute atomic E-state index is 0.109. The Morgan fingerprint density at radius 2 is 0.421 bits per heavy atom. The summed E-state index contributed by atoms with van der Waals surface area (Å²) in [6.45, 7) is 7.42. The van der Waals surface area contributed by atoms with Gasteiger partial charge < -0.3 is 33.8 Å². The molecule has 0 amide bonds. The number of phosphoric acid groups is 2. The molecule has 0 aromatic carbocycles. The monoisotopic (exact) mass is 1660 g/mol. The van der Waals surface area contributed by atoms with Crippen molar-refractivity contribution < 1.29 is 80.2 Å². The predicted octanol–water partition coefficient (Wildman–Crippen LogP) is 29.9. The first-order valence-electron chi connectivity index (χ1n) is 49.2. The van der Waals surface area contributed by atoms with Gasteiger partial charge in [0.25, 0.3) is 0 Å². The van der Waals surface area contributed by atoms with Crippen molar-refractivity contribution in [3.8, 4) is 0 Å². The lowest BCUT2D eigenvalue weighted by Crippen LogP contribution is -2.30. The summed E-state index contributed by atoms with van der Waals surface area (Å²) >= 11 is 0. The zero-order valence-electron chi connectivity index (χ0n) is 75.2. The van der Waals surface area contributed by atoms with E-state index in [9.17, 15) is 43.2 Å². The number of hydrogen-bond acceptors (Lipinski definition) is 15. The number of aliphatic hydroxyl groups is 1. The molecule has 17 nitrogen and oxygen atoms in total. The number of phosphoric ester groups is 2. The molecule has 0 saturated carbocycles. The number of rotatable bonds is 95. The molecule has 3 unspecified atom stereocenters. The molecule has 0 aliphatic rings. The van der Waals surface area contributed by atoms with Crippen LogP contribution in [0.5, 0.6) is 0 Å². The highest BCUT2D eigenvalue weighted by Gasteiger charge is 2.31. The lowest BCUT2D eigenvalue weighted by atomic mass is 9.99. The summed E-state index contributed by atoms with van der Waals surface area (Å²) in [5.41, 5.74) is 0. The summed E-state index contributed by atoms with van der Waals surface area (Å²) in [7, 11) is -9.94. The minimum atomic E-state index is -4.97. The third-order valence-corrected chi connectivity index (χ3v) is 24.8. The summed E-state index contributed by atoms with van der Waals surface area (Å²) in [6, 6.07) is 0. The lowest BCUT2D eigenvalue weighted by molar-refractivity contribution is -0.161. The highest BCUT2D eigenvalue weighted by atomic mass is 31.2. The minimum Gasteiger partial charge on any atom is -0.462 e. The van der Waals surface area contributed by atoms with Crippen LogP contribution in [0.3, 0.4) is 0 Å². The van der Waals surface area contributed by atoms with Crippen molar-refractivity contribution in [2.24, 2.45) is 5.92 Å². The van der Waals surface area contributed by atoms with E-state index in [0.717, 1.165) is 95.8 Å². The van der Waals surface area contributed by atoms with Gasteiger partial charge in [-0.25, -0.2) is 9.13 Å². The van der Waals surface area contributed by atoms with E-state index in [-0.39, 0.29) is 25.7 Å². The molecule has 0 bridgehead atoms. The maximum atomic E-state index is 13.2. The largest absolute Gasteiger partial charge is 0.472 e. The van der Waals surface area contributed by atoms with E-state index >= 15 is 0 Å². The van der Waals surface area contributed by atoms with E-state index in [1.54, 1.807) is 0 Å². The average Bonchev–Trinajstić information content (AvgIpc) is 0.898. The highest BCUT2D eigenvalue weighted by molar-refractivity contribution is 7.47. The number of unbranched alkanes of at least 4 members (excludes halogenated alkanes) is 66. The summed E-state index contributed by atoms with van der Waals surface area (Å²) in [5.74, 6) is -1.31. The van der Waals surface area contributed by atoms with Crippen LogP contribution in [-0.4, -0.2) is 96.7 Å². The van der Waals surface area contributed by atoms with E-state index in [2.05, 4.69) is 34.6 Å². The maximum absolute atomic E-state index is 13.2. The molecule has 0 rings (SSSR count). The molecule has 114 heavy (non-hydrogen) atoms. The summed E-state index contributed by atoms with van der Waals surface area (Å²) in [5, 5.41) is 10.7. The first kappa shape index (κ1) is 112. The first-order valence-corrected chi connectivity index (χ1v) is 52.2. The van der Waals surface area contributed by atoms with Crippen LogP contribution >= 0.6 is 15.6 Å². The molecular weight excluding hydrogens is 1470 g/mol. The van der Waals surface area contributed by atoms with Crippen molar-refractivity contribution >= 4 is 39.5 Å². The third-order valence-electron chi connectivity index (χ3n) is 22.9. The summed E-state index contributed by atoms with van der Waals surface area (Å²) < 4.78 is 69.2. The van der Waals surface area contributed by atoms with Gasteiger partial charge in [-0.1, -0.05) is 471 Å². The molecule has 0 spiro atoms. The van der Waals surface area contributed by atoms with E-state index < -0.39 is 97.5 Å². The van der Waals surface area contributed by atoms with Crippen LogP contribution in [-0.2, 0) is 65.4 Å². The molecule has 0 aromatic rings. The van der Waals surface area contributed by atoms with E-state index in [1.165, 1.54) is 347 Å². The fourth-order valence-corrected chi connectivity index (χ4v) is 16.6. The van der Waals surface area contributed by atoms with Crippen LogP contribution in [0.4, 0.5) is 0 Å². The molecule has 3 N–H and O–H groups in total. The number of esters is 4. The van der Waals surface area contributed by atoms with Crippen molar-refractivity contribution in [1.82, 2.24) is 0 Å². The standard InChI is InChI=1S/C95H186O17P2/c1-6-10-13-16-19-22-25-28-31-34-37-40-41-44-47-50-53-56-59-66-71-75-80-94(99)111-90(84-105-92(97)78-73-68-63-57-54-51-48-45-42-38-35-32-29-26-23-20-17-14-11-7-2)86-109-113(101,102)107-82-89(96)83-108-114(103,104)110-87-91(85-106-93(98)79-74-69-64-61-60-62-67-72-77-88(5)9-4)112-95(100)81-76-70-65-58-55-52-49-46-43-39-36-33-30-27-24-21-18-15-12-8-3/h88-91,96H,6-87H2,1-5H3,(H,101,102)(H,103,104)/t88?,89-,90-,91-/m1/s1. The maximum Gasteiger partial charge on any atom is 0.472 e. The van der Waals surface area contributed by atoms with E-state index in [0.29, 0.717) is 25.7 Å². The van der Waals surface area contributed by atoms with Crippen molar-refractivity contribution in [3.05, 3.63) is 0 Å². The van der Waals surface area contributed by atoms with Crippen LogP contribution in [0.25, 0.3) is 0 Å². The van der Waals surface area contributed by atoms with Gasteiger partial charge in [0.15, 0.2) is 12.2 Å². The second-order valence-electron chi connectivity index (χ2n) is 34.4. The molecule has 0 aliphatic carbocycles. The molecule has 19 heteroatoms. The lowest BCUT2D eigenvalue weighted by Gasteiger charge is -2.21. The van der Waals surface area contributed by atoms with Crippen LogP contribution < -0.4 is 0 Å². The molecule has 6 atom stereocenters. The molecule has 0 aromatic heterocycles. The van der Waals surface area contributed by atoms with Crippen LogP contribution in [0.2, 0.25) is 0 Å².